The smallest absolute Gasteiger partial charge is 0.352 e. The van der Waals surface area contributed by atoms with Crippen LogP contribution in [0.2, 0.25) is 0 Å². The second-order valence-electron chi connectivity index (χ2n) is 5.81. The molecule has 1 saturated heterocycles. The molecule has 0 atom stereocenters. The summed E-state index contributed by atoms with van der Waals surface area (Å²) in [5.74, 6) is -0.482. The molecule has 0 saturated carbocycles. The number of piperazine rings is 1. The van der Waals surface area contributed by atoms with Crippen molar-refractivity contribution in [2.24, 2.45) is 0 Å². The summed E-state index contributed by atoms with van der Waals surface area (Å²) in [6, 6.07) is 3.84. The zero-order chi connectivity index (χ0) is 17.0. The third-order valence-electron chi connectivity index (χ3n) is 4.00. The summed E-state index contributed by atoms with van der Waals surface area (Å²) in [6.45, 7) is 5.53. The van der Waals surface area contributed by atoms with Crippen molar-refractivity contribution in [3.8, 4) is 0 Å². The zero-order valence-electron chi connectivity index (χ0n) is 13.4. The largest absolute Gasteiger partial charge is 0.416 e. The predicted octanol–water partition coefficient (Wildman–Crippen LogP) is 2.20. The maximum atomic E-state index is 13.3. The Labute approximate surface area is 134 Å². The van der Waals surface area contributed by atoms with Crippen LogP contribution in [0.3, 0.4) is 0 Å². The molecule has 1 amide bonds. The van der Waals surface area contributed by atoms with Crippen LogP contribution in [0.15, 0.2) is 18.2 Å². The van der Waals surface area contributed by atoms with Gasteiger partial charge < -0.3 is 10.2 Å². The molecule has 4 nitrogen and oxygen atoms in total. The first kappa shape index (κ1) is 17.7. The maximum absolute atomic E-state index is 13.3. The average molecular weight is 329 g/mol. The van der Waals surface area contributed by atoms with E-state index in [1.807, 2.05) is 11.9 Å². The summed E-state index contributed by atoms with van der Waals surface area (Å²) >= 11 is 0. The minimum Gasteiger partial charge on any atom is -0.352 e. The molecule has 1 aliphatic heterocycles. The fraction of sp³-hybridized carbons (Fsp3) is 0.562. The highest BCUT2D eigenvalue weighted by molar-refractivity contribution is 5.94. The molecule has 1 fully saturated rings. The van der Waals surface area contributed by atoms with Crippen molar-refractivity contribution in [2.45, 2.75) is 19.6 Å². The van der Waals surface area contributed by atoms with Crippen molar-refractivity contribution < 1.29 is 18.0 Å². The van der Waals surface area contributed by atoms with Gasteiger partial charge in [0.05, 0.1) is 5.56 Å². The van der Waals surface area contributed by atoms with Gasteiger partial charge in [-0.2, -0.15) is 13.2 Å². The Balaban J connectivity index is 2.23. The molecule has 0 unspecified atom stereocenters. The molecule has 1 N–H and O–H groups in total. The van der Waals surface area contributed by atoms with Crippen LogP contribution in [0, 0.1) is 0 Å². The number of hydrogen-bond donors (Lipinski definition) is 1. The lowest BCUT2D eigenvalue weighted by atomic mass is 10.0. The van der Waals surface area contributed by atoms with E-state index in [2.05, 4.69) is 10.2 Å². The fourth-order valence-electron chi connectivity index (χ4n) is 2.63. The van der Waals surface area contributed by atoms with Gasteiger partial charge in [0.2, 0.25) is 0 Å². The van der Waals surface area contributed by atoms with Crippen LogP contribution in [0.4, 0.5) is 13.2 Å². The van der Waals surface area contributed by atoms with Crippen LogP contribution in [0.1, 0.15) is 28.4 Å². The second kappa shape index (κ2) is 7.31. The maximum Gasteiger partial charge on any atom is 0.416 e. The van der Waals surface area contributed by atoms with Crippen molar-refractivity contribution in [3.05, 3.63) is 34.9 Å². The monoisotopic (exact) mass is 329 g/mol. The Hall–Kier alpha value is -1.60. The Morgan fingerprint density at radius 3 is 2.43 bits per heavy atom. The molecular formula is C16H22F3N3O. The van der Waals surface area contributed by atoms with E-state index < -0.39 is 17.6 Å². The first-order valence-corrected chi connectivity index (χ1v) is 7.70. The van der Waals surface area contributed by atoms with Gasteiger partial charge in [0.15, 0.2) is 0 Å². The van der Waals surface area contributed by atoms with Gasteiger partial charge in [-0.1, -0.05) is 6.07 Å². The molecule has 1 aromatic carbocycles. The predicted molar refractivity (Wildman–Crippen MR) is 82.2 cm³/mol. The third kappa shape index (κ3) is 4.68. The van der Waals surface area contributed by atoms with Crippen molar-refractivity contribution in [1.29, 1.82) is 0 Å². The number of rotatable bonds is 4. The van der Waals surface area contributed by atoms with Crippen LogP contribution in [-0.4, -0.2) is 55.5 Å². The molecule has 2 rings (SSSR count). The quantitative estimate of drug-likeness (QED) is 0.920. The van der Waals surface area contributed by atoms with E-state index >= 15 is 0 Å². The van der Waals surface area contributed by atoms with Crippen LogP contribution in [0.5, 0.6) is 0 Å². The summed E-state index contributed by atoms with van der Waals surface area (Å²) in [6.07, 6.45) is -4.47. The van der Waals surface area contributed by atoms with Gasteiger partial charge in [0.25, 0.3) is 5.91 Å². The lowest BCUT2D eigenvalue weighted by Crippen LogP contribution is -2.44. The number of nitrogens with zero attached hydrogens (tertiary/aromatic N) is 2. The normalized spacial score (nSPS) is 17.3. The number of amides is 1. The number of nitrogens with one attached hydrogen (secondary N) is 1. The van der Waals surface area contributed by atoms with Gasteiger partial charge in [0, 0.05) is 44.8 Å². The molecule has 23 heavy (non-hydrogen) atoms. The summed E-state index contributed by atoms with van der Waals surface area (Å²) in [4.78, 5) is 15.9. The minimum absolute atomic E-state index is 0.0429. The summed E-state index contributed by atoms with van der Waals surface area (Å²) in [7, 11) is 2.00. The number of benzene rings is 1. The highest BCUT2D eigenvalue weighted by Gasteiger charge is 2.34. The second-order valence-corrected chi connectivity index (χ2v) is 5.81. The van der Waals surface area contributed by atoms with E-state index in [-0.39, 0.29) is 17.7 Å². The summed E-state index contributed by atoms with van der Waals surface area (Å²) in [5, 5.41) is 2.52. The van der Waals surface area contributed by atoms with E-state index in [0.29, 0.717) is 6.54 Å². The van der Waals surface area contributed by atoms with E-state index in [1.54, 1.807) is 6.92 Å². The molecule has 0 radical (unpaired) electrons. The molecule has 1 aliphatic rings. The standard InChI is InChI=1S/C16H22F3N3O/c1-3-20-15(23)12-4-5-13(14(10-12)16(17,18)19)11-22-8-6-21(2)7-9-22/h4-5,10H,3,6-9,11H2,1-2H3,(H,20,23). The first-order valence-electron chi connectivity index (χ1n) is 7.70. The van der Waals surface area contributed by atoms with Crippen molar-refractivity contribution in [1.82, 2.24) is 15.1 Å². The van der Waals surface area contributed by atoms with Crippen molar-refractivity contribution in [3.63, 3.8) is 0 Å². The molecule has 128 valence electrons. The Morgan fingerprint density at radius 2 is 1.87 bits per heavy atom. The topological polar surface area (TPSA) is 35.6 Å². The number of carbonyl (C=O) groups is 1. The summed E-state index contributed by atoms with van der Waals surface area (Å²) in [5.41, 5.74) is -0.461. The average Bonchev–Trinajstić information content (AvgIpc) is 2.49. The minimum atomic E-state index is -4.47. The fourth-order valence-corrected chi connectivity index (χ4v) is 2.63. The van der Waals surface area contributed by atoms with Gasteiger partial charge in [-0.15, -0.1) is 0 Å². The highest BCUT2D eigenvalue weighted by atomic mass is 19.4. The number of hydrogen-bond acceptors (Lipinski definition) is 3. The molecule has 0 spiro atoms. The molecule has 0 aromatic heterocycles. The number of carbonyl (C=O) groups excluding carboxylic acids is 1. The molecule has 1 aromatic rings. The first-order chi connectivity index (χ1) is 10.8. The van der Waals surface area contributed by atoms with Gasteiger partial charge in [-0.3, -0.25) is 9.69 Å². The zero-order valence-corrected chi connectivity index (χ0v) is 13.4. The van der Waals surface area contributed by atoms with Crippen LogP contribution >= 0.6 is 0 Å². The van der Waals surface area contributed by atoms with Crippen LogP contribution < -0.4 is 5.32 Å². The molecule has 0 aliphatic carbocycles. The van der Waals surface area contributed by atoms with Gasteiger partial charge >= 0.3 is 6.18 Å². The van der Waals surface area contributed by atoms with Gasteiger partial charge in [-0.05, 0) is 31.7 Å². The van der Waals surface area contributed by atoms with E-state index in [1.165, 1.54) is 12.1 Å². The van der Waals surface area contributed by atoms with Crippen molar-refractivity contribution in [2.75, 3.05) is 39.8 Å². The highest BCUT2D eigenvalue weighted by Crippen LogP contribution is 2.33. The van der Waals surface area contributed by atoms with Gasteiger partial charge in [0.1, 0.15) is 0 Å². The Morgan fingerprint density at radius 1 is 1.22 bits per heavy atom. The number of likely N-dealkylation sites (N-methyl/N-ethyl adjacent to an activating group) is 1. The lowest BCUT2D eigenvalue weighted by molar-refractivity contribution is -0.138. The van der Waals surface area contributed by atoms with Crippen LogP contribution in [0.25, 0.3) is 0 Å². The third-order valence-corrected chi connectivity index (χ3v) is 4.00. The molecule has 1 heterocycles. The molecular weight excluding hydrogens is 307 g/mol. The number of alkyl halides is 3. The van der Waals surface area contributed by atoms with Crippen LogP contribution in [-0.2, 0) is 12.7 Å². The van der Waals surface area contributed by atoms with Gasteiger partial charge in [-0.25, -0.2) is 0 Å². The molecule has 7 heteroatoms. The van der Waals surface area contributed by atoms with E-state index in [0.717, 1.165) is 32.2 Å². The van der Waals surface area contributed by atoms with E-state index in [9.17, 15) is 18.0 Å². The number of halogens is 3. The molecule has 0 bridgehead atoms. The SMILES string of the molecule is CCNC(=O)c1ccc(CN2CCN(C)CC2)c(C(F)(F)F)c1. The van der Waals surface area contributed by atoms with Crippen molar-refractivity contribution >= 4 is 5.91 Å². The summed E-state index contributed by atoms with van der Waals surface area (Å²) < 4.78 is 40.0. The Kier molecular flexibility index (Phi) is 5.64. The Bertz CT molecular complexity index is 552. The lowest BCUT2D eigenvalue weighted by Gasteiger charge is -2.33. The van der Waals surface area contributed by atoms with E-state index in [4.69, 9.17) is 0 Å².